The molecular weight excluding hydrogens is 362 g/mol. The number of methoxy groups -OCH3 is 3. The summed E-state index contributed by atoms with van der Waals surface area (Å²) in [4.78, 5) is 14.5. The second-order valence-corrected chi connectivity index (χ2v) is 7.37. The van der Waals surface area contributed by atoms with Gasteiger partial charge in [-0.3, -0.25) is 4.79 Å². The smallest absolute Gasteiger partial charge is 0.232 e. The zero-order valence-electron chi connectivity index (χ0n) is 16.0. The molecule has 0 fully saturated rings. The highest BCUT2D eigenvalue weighted by Crippen LogP contribution is 2.33. The third kappa shape index (κ3) is 4.69. The summed E-state index contributed by atoms with van der Waals surface area (Å²) in [5, 5.41) is 0. The Bertz CT molecular complexity index is 809. The van der Waals surface area contributed by atoms with Crippen molar-refractivity contribution in [1.29, 1.82) is 0 Å². The molecule has 6 heteroatoms. The van der Waals surface area contributed by atoms with Gasteiger partial charge in [0.2, 0.25) is 5.91 Å². The van der Waals surface area contributed by atoms with Gasteiger partial charge >= 0.3 is 0 Å². The number of carbonyl (C=O) groups is 1. The zero-order chi connectivity index (χ0) is 19.2. The molecule has 1 heterocycles. The number of hydrogen-bond donors (Lipinski definition) is 0. The molecular formula is C21H25NO4S. The van der Waals surface area contributed by atoms with E-state index in [1.165, 1.54) is 5.56 Å². The Balaban J connectivity index is 1.57. The van der Waals surface area contributed by atoms with E-state index >= 15 is 0 Å². The highest BCUT2D eigenvalue weighted by molar-refractivity contribution is 7.99. The zero-order valence-corrected chi connectivity index (χ0v) is 16.8. The Labute approximate surface area is 164 Å². The fraction of sp³-hybridized carbons (Fsp3) is 0.381. The quantitative estimate of drug-likeness (QED) is 0.727. The number of hydrogen-bond acceptors (Lipinski definition) is 5. The van der Waals surface area contributed by atoms with E-state index in [-0.39, 0.29) is 5.91 Å². The van der Waals surface area contributed by atoms with Gasteiger partial charge in [0.15, 0.2) is 11.5 Å². The summed E-state index contributed by atoms with van der Waals surface area (Å²) in [5.41, 5.74) is 3.51. The minimum atomic E-state index is 0.170. The number of ether oxygens (including phenoxy) is 3. The van der Waals surface area contributed by atoms with Crippen LogP contribution >= 0.6 is 11.8 Å². The molecule has 144 valence electrons. The Kier molecular flexibility index (Phi) is 6.50. The fourth-order valence-electron chi connectivity index (χ4n) is 3.21. The van der Waals surface area contributed by atoms with Gasteiger partial charge in [-0.05, 0) is 47.4 Å². The molecule has 1 aliphatic rings. The molecule has 0 unspecified atom stereocenters. The minimum absolute atomic E-state index is 0.170. The molecule has 27 heavy (non-hydrogen) atoms. The van der Waals surface area contributed by atoms with Gasteiger partial charge in [0.1, 0.15) is 5.75 Å². The standard InChI is InChI=1S/C21H25NO4S/c1-24-18-6-4-5-15(9-18)13-27-14-21(23)22-8-7-16-10-19(25-2)20(26-3)11-17(16)12-22/h4-6,9-11H,7-8,12-14H2,1-3H3. The van der Waals surface area contributed by atoms with Crippen LogP contribution in [0.25, 0.3) is 0 Å². The van der Waals surface area contributed by atoms with Gasteiger partial charge in [0.05, 0.1) is 27.1 Å². The average Bonchev–Trinajstić information content (AvgIpc) is 2.72. The summed E-state index contributed by atoms with van der Waals surface area (Å²) >= 11 is 1.63. The SMILES string of the molecule is COc1cccc(CSCC(=O)N2CCc3cc(OC)c(OC)cc3C2)c1. The number of nitrogens with zero attached hydrogens (tertiary/aromatic N) is 1. The molecule has 0 N–H and O–H groups in total. The van der Waals surface area contributed by atoms with Crippen LogP contribution in [-0.4, -0.2) is 44.4 Å². The monoisotopic (exact) mass is 387 g/mol. The van der Waals surface area contributed by atoms with Gasteiger partial charge in [-0.2, -0.15) is 0 Å². The highest BCUT2D eigenvalue weighted by Gasteiger charge is 2.22. The second kappa shape index (κ2) is 9.04. The fourth-order valence-corrected chi connectivity index (χ4v) is 4.08. The maximum absolute atomic E-state index is 12.6. The molecule has 0 aliphatic carbocycles. The predicted octanol–water partition coefficient (Wildman–Crippen LogP) is 3.53. The van der Waals surface area contributed by atoms with E-state index in [0.29, 0.717) is 18.0 Å². The maximum Gasteiger partial charge on any atom is 0.232 e. The van der Waals surface area contributed by atoms with Crippen LogP contribution < -0.4 is 14.2 Å². The minimum Gasteiger partial charge on any atom is -0.497 e. The molecule has 3 rings (SSSR count). The van der Waals surface area contributed by atoms with Gasteiger partial charge in [-0.15, -0.1) is 11.8 Å². The first kappa shape index (κ1) is 19.4. The van der Waals surface area contributed by atoms with Crippen molar-refractivity contribution in [3.05, 3.63) is 53.1 Å². The topological polar surface area (TPSA) is 48.0 Å². The third-order valence-electron chi connectivity index (χ3n) is 4.70. The van der Waals surface area contributed by atoms with Crippen molar-refractivity contribution in [3.8, 4) is 17.2 Å². The van der Waals surface area contributed by atoms with E-state index in [9.17, 15) is 4.79 Å². The molecule has 2 aromatic rings. The Morgan fingerprint density at radius 1 is 1.04 bits per heavy atom. The van der Waals surface area contributed by atoms with Crippen LogP contribution in [0.5, 0.6) is 17.2 Å². The molecule has 0 atom stereocenters. The van der Waals surface area contributed by atoms with Crippen LogP contribution in [0.1, 0.15) is 16.7 Å². The van der Waals surface area contributed by atoms with E-state index < -0.39 is 0 Å². The van der Waals surface area contributed by atoms with Crippen molar-refractivity contribution in [3.63, 3.8) is 0 Å². The lowest BCUT2D eigenvalue weighted by Crippen LogP contribution is -2.37. The first-order valence-electron chi connectivity index (χ1n) is 8.86. The molecule has 5 nitrogen and oxygen atoms in total. The van der Waals surface area contributed by atoms with E-state index in [2.05, 4.69) is 6.07 Å². The Morgan fingerprint density at radius 2 is 1.78 bits per heavy atom. The van der Waals surface area contributed by atoms with Crippen LogP contribution in [0.4, 0.5) is 0 Å². The number of benzene rings is 2. The van der Waals surface area contributed by atoms with Crippen LogP contribution in [-0.2, 0) is 23.5 Å². The van der Waals surface area contributed by atoms with E-state index in [1.54, 1.807) is 33.1 Å². The highest BCUT2D eigenvalue weighted by atomic mass is 32.2. The molecule has 1 aliphatic heterocycles. The van der Waals surface area contributed by atoms with Gasteiger partial charge in [0.25, 0.3) is 0 Å². The summed E-state index contributed by atoms with van der Waals surface area (Å²) in [5.74, 6) is 3.72. The predicted molar refractivity (Wildman–Crippen MR) is 108 cm³/mol. The molecule has 0 aromatic heterocycles. The van der Waals surface area contributed by atoms with E-state index in [4.69, 9.17) is 14.2 Å². The van der Waals surface area contributed by atoms with Gasteiger partial charge in [-0.25, -0.2) is 0 Å². The van der Waals surface area contributed by atoms with E-state index in [0.717, 1.165) is 41.3 Å². The van der Waals surface area contributed by atoms with Gasteiger partial charge in [-0.1, -0.05) is 12.1 Å². The van der Waals surface area contributed by atoms with Crippen molar-refractivity contribution in [2.45, 2.75) is 18.7 Å². The van der Waals surface area contributed by atoms with Crippen molar-refractivity contribution >= 4 is 17.7 Å². The molecule has 1 amide bonds. The summed E-state index contributed by atoms with van der Waals surface area (Å²) < 4.78 is 16.0. The number of fused-ring (bicyclic) bond motifs is 1. The van der Waals surface area contributed by atoms with E-state index in [1.807, 2.05) is 35.2 Å². The number of thioether (sulfide) groups is 1. The lowest BCUT2D eigenvalue weighted by Gasteiger charge is -2.29. The first-order valence-corrected chi connectivity index (χ1v) is 10.0. The number of rotatable bonds is 7. The third-order valence-corrected chi connectivity index (χ3v) is 5.69. The summed E-state index contributed by atoms with van der Waals surface area (Å²) in [6.45, 7) is 1.36. The van der Waals surface area contributed by atoms with Gasteiger partial charge < -0.3 is 19.1 Å². The summed E-state index contributed by atoms with van der Waals surface area (Å²) in [6.07, 6.45) is 0.835. The van der Waals surface area contributed by atoms with Crippen LogP contribution in [0.2, 0.25) is 0 Å². The van der Waals surface area contributed by atoms with Crippen molar-refractivity contribution in [2.24, 2.45) is 0 Å². The number of carbonyl (C=O) groups excluding carboxylic acids is 1. The molecule has 0 radical (unpaired) electrons. The number of amides is 1. The normalized spacial score (nSPS) is 13.1. The molecule has 0 saturated carbocycles. The van der Waals surface area contributed by atoms with Crippen molar-refractivity contribution in [1.82, 2.24) is 4.90 Å². The van der Waals surface area contributed by atoms with Crippen molar-refractivity contribution in [2.75, 3.05) is 33.6 Å². The summed E-state index contributed by atoms with van der Waals surface area (Å²) in [6, 6.07) is 12.0. The largest absolute Gasteiger partial charge is 0.497 e. The first-order chi connectivity index (χ1) is 13.1. The molecule has 0 saturated heterocycles. The Morgan fingerprint density at radius 3 is 2.48 bits per heavy atom. The Hall–Kier alpha value is -2.34. The van der Waals surface area contributed by atoms with Gasteiger partial charge in [0, 0.05) is 18.8 Å². The molecule has 0 spiro atoms. The van der Waals surface area contributed by atoms with Crippen molar-refractivity contribution < 1.29 is 19.0 Å². The maximum atomic E-state index is 12.6. The average molecular weight is 388 g/mol. The molecule has 2 aromatic carbocycles. The summed E-state index contributed by atoms with van der Waals surface area (Å²) in [7, 11) is 4.93. The lowest BCUT2D eigenvalue weighted by atomic mass is 9.99. The van der Waals surface area contributed by atoms with Crippen LogP contribution in [0.3, 0.4) is 0 Å². The molecule has 0 bridgehead atoms. The lowest BCUT2D eigenvalue weighted by molar-refractivity contribution is -0.129. The second-order valence-electron chi connectivity index (χ2n) is 6.39. The van der Waals surface area contributed by atoms with Crippen LogP contribution in [0, 0.1) is 0 Å². The van der Waals surface area contributed by atoms with Crippen LogP contribution in [0.15, 0.2) is 36.4 Å².